The van der Waals surface area contributed by atoms with Crippen molar-refractivity contribution in [1.82, 2.24) is 5.32 Å². The number of hydrogen-bond donors (Lipinski definition) is 1. The molecule has 27 heavy (non-hydrogen) atoms. The second-order valence-corrected chi connectivity index (χ2v) is 8.77. The first kappa shape index (κ1) is 18.8. The van der Waals surface area contributed by atoms with Crippen molar-refractivity contribution >= 4 is 29.0 Å². The summed E-state index contributed by atoms with van der Waals surface area (Å²) in [4.78, 5) is 0. The predicted molar refractivity (Wildman–Crippen MR) is 115 cm³/mol. The smallest absolute Gasteiger partial charge is 0.257 e. The molecule has 2 aliphatic carbocycles. The van der Waals surface area contributed by atoms with Gasteiger partial charge in [-0.1, -0.05) is 54.1 Å². The van der Waals surface area contributed by atoms with Crippen molar-refractivity contribution in [1.29, 1.82) is 0 Å². The third kappa shape index (κ3) is 4.30. The maximum atomic E-state index is 6.16. The average Bonchev–Trinajstić information content (AvgIpc) is 2.70. The predicted octanol–water partition coefficient (Wildman–Crippen LogP) is 6.24. The van der Waals surface area contributed by atoms with Gasteiger partial charge in [0, 0.05) is 17.0 Å². The van der Waals surface area contributed by atoms with Crippen molar-refractivity contribution in [2.45, 2.75) is 57.1 Å². The molecule has 0 bridgehead atoms. The minimum absolute atomic E-state index is 0.272. The van der Waals surface area contributed by atoms with Gasteiger partial charge < -0.3 is 10.1 Å². The average molecular weight is 400 g/mol. The van der Waals surface area contributed by atoms with E-state index in [9.17, 15) is 0 Å². The summed E-state index contributed by atoms with van der Waals surface area (Å²) in [5.41, 5.74) is 2.94. The van der Waals surface area contributed by atoms with Crippen molar-refractivity contribution in [2.75, 3.05) is 0 Å². The van der Waals surface area contributed by atoms with E-state index >= 15 is 0 Å². The lowest BCUT2D eigenvalue weighted by Crippen LogP contribution is -2.50. The van der Waals surface area contributed by atoms with E-state index in [1.165, 1.54) is 37.7 Å². The standard InChI is InChI=1S/C23H26ClNOS/c24-20-8-4-5-17(15-20)16-25-22(27)26-21-11-14-23(21)12-9-19(10-13-23)18-6-2-1-3-7-18/h1-8,15,19,21H,9-14,16H2,(H,25,27). The largest absolute Gasteiger partial charge is 0.467 e. The lowest BCUT2D eigenvalue weighted by Gasteiger charge is -2.52. The molecule has 2 nitrogen and oxygen atoms in total. The van der Waals surface area contributed by atoms with Crippen molar-refractivity contribution in [3.63, 3.8) is 0 Å². The topological polar surface area (TPSA) is 21.3 Å². The van der Waals surface area contributed by atoms with Gasteiger partial charge in [0.2, 0.25) is 0 Å². The van der Waals surface area contributed by atoms with Gasteiger partial charge in [0.15, 0.2) is 0 Å². The normalized spacial score (nSPS) is 27.0. The van der Waals surface area contributed by atoms with Gasteiger partial charge >= 0.3 is 0 Å². The first-order valence-electron chi connectivity index (χ1n) is 9.88. The Hall–Kier alpha value is -1.58. The minimum atomic E-state index is 0.272. The minimum Gasteiger partial charge on any atom is -0.467 e. The highest BCUT2D eigenvalue weighted by atomic mass is 35.5. The zero-order valence-electron chi connectivity index (χ0n) is 15.5. The van der Waals surface area contributed by atoms with Crippen LogP contribution in [0.25, 0.3) is 0 Å². The lowest BCUT2D eigenvalue weighted by molar-refractivity contribution is -0.0809. The van der Waals surface area contributed by atoms with Gasteiger partial charge in [0.25, 0.3) is 5.17 Å². The SMILES string of the molecule is S=C(NCc1cccc(Cl)c1)OC1CCC12CCC(c1ccccc1)CC2. The summed E-state index contributed by atoms with van der Waals surface area (Å²) in [5, 5.41) is 4.49. The summed E-state index contributed by atoms with van der Waals surface area (Å²) < 4.78 is 6.16. The molecule has 2 fully saturated rings. The highest BCUT2D eigenvalue weighted by Crippen LogP contribution is 2.55. The summed E-state index contributed by atoms with van der Waals surface area (Å²) in [5.74, 6) is 0.700. The van der Waals surface area contributed by atoms with E-state index in [1.54, 1.807) is 0 Å². The van der Waals surface area contributed by atoms with E-state index in [-0.39, 0.29) is 6.10 Å². The Balaban J connectivity index is 1.27. The highest BCUT2D eigenvalue weighted by molar-refractivity contribution is 7.80. The van der Waals surface area contributed by atoms with E-state index < -0.39 is 0 Å². The van der Waals surface area contributed by atoms with Gasteiger partial charge in [-0.25, -0.2) is 0 Å². The lowest BCUT2D eigenvalue weighted by atomic mass is 9.56. The molecule has 2 aromatic carbocycles. The Bertz CT molecular complexity index is 786. The first-order valence-corrected chi connectivity index (χ1v) is 10.7. The van der Waals surface area contributed by atoms with Crippen molar-refractivity contribution < 1.29 is 4.74 Å². The van der Waals surface area contributed by atoms with Gasteiger partial charge in [-0.3, -0.25) is 0 Å². The molecule has 0 heterocycles. The fourth-order valence-corrected chi connectivity index (χ4v) is 5.07. The fraction of sp³-hybridized carbons (Fsp3) is 0.435. The first-order chi connectivity index (χ1) is 13.1. The van der Waals surface area contributed by atoms with Crippen LogP contribution >= 0.6 is 23.8 Å². The molecule has 142 valence electrons. The number of ether oxygens (including phenoxy) is 1. The van der Waals surface area contributed by atoms with Crippen LogP contribution < -0.4 is 5.32 Å². The Kier molecular flexibility index (Phi) is 5.70. The number of benzene rings is 2. The molecule has 0 aromatic heterocycles. The zero-order chi connectivity index (χ0) is 18.7. The fourth-order valence-electron chi connectivity index (χ4n) is 4.67. The maximum absolute atomic E-state index is 6.16. The number of rotatable bonds is 4. The Morgan fingerprint density at radius 2 is 1.78 bits per heavy atom. The van der Waals surface area contributed by atoms with Crippen LogP contribution in [0.3, 0.4) is 0 Å². The third-order valence-corrected chi connectivity index (χ3v) is 6.89. The molecule has 4 heteroatoms. The Morgan fingerprint density at radius 3 is 2.44 bits per heavy atom. The highest BCUT2D eigenvalue weighted by Gasteiger charge is 2.50. The van der Waals surface area contributed by atoms with E-state index in [0.29, 0.717) is 23.1 Å². The molecule has 1 unspecified atom stereocenters. The molecule has 0 radical (unpaired) electrons. The number of nitrogens with one attached hydrogen (secondary N) is 1. The molecular formula is C23H26ClNOS. The molecule has 1 atom stereocenters. The van der Waals surface area contributed by atoms with Crippen LogP contribution in [-0.4, -0.2) is 11.3 Å². The summed E-state index contributed by atoms with van der Waals surface area (Å²) in [6.45, 7) is 0.648. The van der Waals surface area contributed by atoms with Crippen LogP contribution in [0.2, 0.25) is 5.02 Å². The molecule has 0 amide bonds. The van der Waals surface area contributed by atoms with Crippen LogP contribution in [0.15, 0.2) is 54.6 Å². The maximum Gasteiger partial charge on any atom is 0.257 e. The van der Waals surface area contributed by atoms with Gasteiger partial charge in [-0.2, -0.15) is 0 Å². The van der Waals surface area contributed by atoms with E-state index in [4.69, 9.17) is 28.6 Å². The van der Waals surface area contributed by atoms with Crippen molar-refractivity contribution in [2.24, 2.45) is 5.41 Å². The quantitative estimate of drug-likeness (QED) is 0.615. The molecule has 2 saturated carbocycles. The second-order valence-electron chi connectivity index (χ2n) is 7.96. The molecule has 4 rings (SSSR count). The summed E-state index contributed by atoms with van der Waals surface area (Å²) >= 11 is 11.5. The molecule has 0 saturated heterocycles. The number of thiocarbonyl (C=S) groups is 1. The van der Waals surface area contributed by atoms with Gasteiger partial charge in [0.05, 0.1) is 0 Å². The third-order valence-electron chi connectivity index (χ3n) is 6.41. The summed E-state index contributed by atoms with van der Waals surface area (Å²) in [7, 11) is 0. The summed E-state index contributed by atoms with van der Waals surface area (Å²) in [6.07, 6.45) is 7.67. The van der Waals surface area contributed by atoms with Crippen LogP contribution in [0.1, 0.15) is 55.6 Å². The van der Waals surface area contributed by atoms with Gasteiger partial charge in [0.1, 0.15) is 6.10 Å². The van der Waals surface area contributed by atoms with Crippen LogP contribution in [0.5, 0.6) is 0 Å². The van der Waals surface area contributed by atoms with E-state index in [0.717, 1.165) is 17.0 Å². The zero-order valence-corrected chi connectivity index (χ0v) is 17.1. The molecule has 1 spiro atoms. The van der Waals surface area contributed by atoms with E-state index in [2.05, 4.69) is 35.6 Å². The molecule has 2 aliphatic rings. The van der Waals surface area contributed by atoms with E-state index in [1.807, 2.05) is 24.3 Å². The van der Waals surface area contributed by atoms with Gasteiger partial charge in [-0.15, -0.1) is 0 Å². The number of halogens is 1. The second kappa shape index (κ2) is 8.20. The van der Waals surface area contributed by atoms with Crippen molar-refractivity contribution in [3.05, 3.63) is 70.7 Å². The summed E-state index contributed by atoms with van der Waals surface area (Å²) in [6, 6.07) is 18.8. The molecule has 1 N–H and O–H groups in total. The molecular weight excluding hydrogens is 374 g/mol. The van der Waals surface area contributed by atoms with Crippen LogP contribution in [-0.2, 0) is 11.3 Å². The van der Waals surface area contributed by atoms with Crippen LogP contribution in [0.4, 0.5) is 0 Å². The Morgan fingerprint density at radius 1 is 1.04 bits per heavy atom. The monoisotopic (exact) mass is 399 g/mol. The molecule has 2 aromatic rings. The van der Waals surface area contributed by atoms with Crippen LogP contribution in [0, 0.1) is 5.41 Å². The Labute approximate surface area is 172 Å². The molecule has 0 aliphatic heterocycles. The van der Waals surface area contributed by atoms with Gasteiger partial charge in [-0.05, 0) is 79.9 Å². The number of hydrogen-bond acceptors (Lipinski definition) is 2. The van der Waals surface area contributed by atoms with Crippen molar-refractivity contribution in [3.8, 4) is 0 Å².